The van der Waals surface area contributed by atoms with Crippen LogP contribution in [0.4, 0.5) is 0 Å². The van der Waals surface area contributed by atoms with Crippen molar-refractivity contribution in [3.05, 3.63) is 53.7 Å². The van der Waals surface area contributed by atoms with Crippen molar-refractivity contribution >= 4 is 23.6 Å². The molecule has 7 heteroatoms. The molecule has 0 unspecified atom stereocenters. The molecule has 0 saturated carbocycles. The zero-order valence-corrected chi connectivity index (χ0v) is 15.2. The third-order valence-corrected chi connectivity index (χ3v) is 4.25. The van der Waals surface area contributed by atoms with Crippen LogP contribution in [0.5, 0.6) is 5.75 Å². The minimum absolute atomic E-state index is 0.297. The molecule has 0 aliphatic rings. The van der Waals surface area contributed by atoms with Gasteiger partial charge in [0.15, 0.2) is 6.61 Å². The number of hydrogen-bond acceptors (Lipinski definition) is 6. The predicted octanol–water partition coefficient (Wildman–Crippen LogP) is 2.63. The summed E-state index contributed by atoms with van der Waals surface area (Å²) >= 11 is 1.35. The van der Waals surface area contributed by atoms with E-state index in [-0.39, 0.29) is 12.5 Å². The highest BCUT2D eigenvalue weighted by Crippen LogP contribution is 2.19. The lowest BCUT2D eigenvalue weighted by atomic mass is 10.2. The molecule has 0 radical (unpaired) electrons. The van der Waals surface area contributed by atoms with Crippen LogP contribution in [0, 0.1) is 0 Å². The van der Waals surface area contributed by atoms with Crippen molar-refractivity contribution in [2.24, 2.45) is 0 Å². The Morgan fingerprint density at radius 3 is 2.68 bits per heavy atom. The van der Waals surface area contributed by atoms with E-state index in [4.69, 9.17) is 9.47 Å². The molecule has 2 rings (SSSR count). The Hall–Kier alpha value is -2.54. The van der Waals surface area contributed by atoms with Crippen molar-refractivity contribution in [2.45, 2.75) is 11.6 Å². The second-order valence-corrected chi connectivity index (χ2v) is 5.99. The first kappa shape index (κ1) is 18.8. The zero-order chi connectivity index (χ0) is 18.2. The first-order chi connectivity index (χ1) is 12.1. The van der Waals surface area contributed by atoms with Crippen molar-refractivity contribution in [3.8, 4) is 5.75 Å². The zero-order valence-electron chi connectivity index (χ0n) is 14.4. The van der Waals surface area contributed by atoms with Crippen LogP contribution in [0.15, 0.2) is 47.6 Å². The van der Waals surface area contributed by atoms with E-state index in [0.29, 0.717) is 22.9 Å². The van der Waals surface area contributed by atoms with Gasteiger partial charge >= 0.3 is 5.97 Å². The highest BCUT2D eigenvalue weighted by molar-refractivity contribution is 7.98. The number of methoxy groups -OCH3 is 1. The second-order valence-electron chi connectivity index (χ2n) is 5.20. The second kappa shape index (κ2) is 9.08. The molecule has 0 atom stereocenters. The summed E-state index contributed by atoms with van der Waals surface area (Å²) in [5.74, 6) is -0.149. The SMILES string of the molecule is COc1ccccc1CN(C)C(=O)COC(=O)c1cccnc1SC. The molecule has 1 heterocycles. The largest absolute Gasteiger partial charge is 0.496 e. The van der Waals surface area contributed by atoms with Crippen LogP contribution < -0.4 is 4.74 Å². The number of thioether (sulfide) groups is 1. The number of rotatable bonds is 7. The molecule has 1 aromatic heterocycles. The molecular weight excluding hydrogens is 340 g/mol. The molecule has 0 saturated heterocycles. The maximum absolute atomic E-state index is 12.2. The highest BCUT2D eigenvalue weighted by Gasteiger charge is 2.17. The Bertz CT molecular complexity index is 751. The summed E-state index contributed by atoms with van der Waals surface area (Å²) in [6.45, 7) is 0.0382. The van der Waals surface area contributed by atoms with Gasteiger partial charge in [-0.3, -0.25) is 4.79 Å². The number of likely N-dealkylation sites (N-methyl/N-ethyl adjacent to an activating group) is 1. The Morgan fingerprint density at radius 1 is 1.20 bits per heavy atom. The first-order valence-electron chi connectivity index (χ1n) is 7.58. The monoisotopic (exact) mass is 360 g/mol. The van der Waals surface area contributed by atoms with Crippen molar-refractivity contribution in [2.75, 3.05) is 27.0 Å². The molecule has 2 aromatic rings. The van der Waals surface area contributed by atoms with Gasteiger partial charge in [0.25, 0.3) is 5.91 Å². The van der Waals surface area contributed by atoms with Gasteiger partial charge in [-0.2, -0.15) is 0 Å². The van der Waals surface area contributed by atoms with Gasteiger partial charge in [0.05, 0.1) is 12.7 Å². The topological polar surface area (TPSA) is 68.7 Å². The molecule has 0 fully saturated rings. The Balaban J connectivity index is 1.94. The fraction of sp³-hybridized carbons (Fsp3) is 0.278. The number of benzene rings is 1. The smallest absolute Gasteiger partial charge is 0.341 e. The van der Waals surface area contributed by atoms with Crippen LogP contribution in [-0.4, -0.2) is 48.8 Å². The molecule has 1 aromatic carbocycles. The van der Waals surface area contributed by atoms with E-state index < -0.39 is 5.97 Å². The van der Waals surface area contributed by atoms with E-state index in [9.17, 15) is 9.59 Å². The molecule has 0 N–H and O–H groups in total. The van der Waals surface area contributed by atoms with E-state index in [1.54, 1.807) is 32.5 Å². The van der Waals surface area contributed by atoms with Gasteiger partial charge in [-0.05, 0) is 24.5 Å². The average Bonchev–Trinajstić information content (AvgIpc) is 2.66. The third kappa shape index (κ3) is 4.96. The summed E-state index contributed by atoms with van der Waals surface area (Å²) in [5.41, 5.74) is 1.24. The minimum atomic E-state index is -0.559. The maximum atomic E-state index is 12.2. The number of carbonyl (C=O) groups is 2. The normalized spacial score (nSPS) is 10.2. The molecule has 0 aliphatic carbocycles. The number of para-hydroxylation sites is 1. The van der Waals surface area contributed by atoms with Crippen LogP contribution in [0.1, 0.15) is 15.9 Å². The third-order valence-electron chi connectivity index (χ3n) is 3.54. The number of nitrogens with zero attached hydrogens (tertiary/aromatic N) is 2. The van der Waals surface area contributed by atoms with Gasteiger partial charge in [-0.25, -0.2) is 9.78 Å². The Kier molecular flexibility index (Phi) is 6.82. The number of aromatic nitrogens is 1. The van der Waals surface area contributed by atoms with Crippen molar-refractivity contribution in [1.29, 1.82) is 0 Å². The number of carbonyl (C=O) groups excluding carboxylic acids is 2. The standard InChI is InChI=1S/C18H20N2O4S/c1-20(11-13-7-4-5-9-15(13)23-2)16(21)12-24-18(22)14-8-6-10-19-17(14)25-3/h4-10H,11-12H2,1-3H3. The van der Waals surface area contributed by atoms with E-state index in [2.05, 4.69) is 4.98 Å². The van der Waals surface area contributed by atoms with E-state index in [1.807, 2.05) is 30.5 Å². The lowest BCUT2D eigenvalue weighted by Gasteiger charge is -2.18. The number of ether oxygens (including phenoxy) is 2. The lowest BCUT2D eigenvalue weighted by Crippen LogP contribution is -2.31. The predicted molar refractivity (Wildman–Crippen MR) is 95.8 cm³/mol. The van der Waals surface area contributed by atoms with Gasteiger partial charge in [-0.1, -0.05) is 18.2 Å². The molecular formula is C18H20N2O4S. The summed E-state index contributed by atoms with van der Waals surface area (Å²) in [6.07, 6.45) is 3.43. The Morgan fingerprint density at radius 2 is 1.96 bits per heavy atom. The summed E-state index contributed by atoms with van der Waals surface area (Å²) < 4.78 is 10.4. The molecule has 1 amide bonds. The van der Waals surface area contributed by atoms with Gasteiger partial charge in [0.2, 0.25) is 0 Å². The maximum Gasteiger partial charge on any atom is 0.341 e. The number of esters is 1. The van der Waals surface area contributed by atoms with Crippen molar-refractivity contribution in [3.63, 3.8) is 0 Å². The van der Waals surface area contributed by atoms with Gasteiger partial charge in [0.1, 0.15) is 10.8 Å². The summed E-state index contributed by atoms with van der Waals surface area (Å²) in [6, 6.07) is 10.7. The van der Waals surface area contributed by atoms with Crippen molar-refractivity contribution < 1.29 is 19.1 Å². The van der Waals surface area contributed by atoms with Gasteiger partial charge in [-0.15, -0.1) is 11.8 Å². The average molecular weight is 360 g/mol. The van der Waals surface area contributed by atoms with Crippen LogP contribution in [0.2, 0.25) is 0 Å². The van der Waals surface area contributed by atoms with Gasteiger partial charge < -0.3 is 14.4 Å². The first-order valence-corrected chi connectivity index (χ1v) is 8.81. The lowest BCUT2D eigenvalue weighted by molar-refractivity contribution is -0.133. The molecule has 0 aliphatic heterocycles. The molecule has 0 bridgehead atoms. The fourth-order valence-corrected chi connectivity index (χ4v) is 2.74. The number of hydrogen-bond donors (Lipinski definition) is 0. The highest BCUT2D eigenvalue weighted by atomic mass is 32.2. The van der Waals surface area contributed by atoms with E-state index >= 15 is 0 Å². The summed E-state index contributed by atoms with van der Waals surface area (Å²) in [4.78, 5) is 30.0. The fourth-order valence-electron chi connectivity index (χ4n) is 2.20. The Labute approximate surface area is 151 Å². The van der Waals surface area contributed by atoms with Crippen molar-refractivity contribution in [1.82, 2.24) is 9.88 Å². The van der Waals surface area contributed by atoms with E-state index in [0.717, 1.165) is 5.56 Å². The van der Waals surface area contributed by atoms with Crippen LogP contribution in [0.3, 0.4) is 0 Å². The van der Waals surface area contributed by atoms with Gasteiger partial charge in [0, 0.05) is 25.4 Å². The number of amides is 1. The van der Waals surface area contributed by atoms with Crippen LogP contribution in [-0.2, 0) is 16.1 Å². The summed E-state index contributed by atoms with van der Waals surface area (Å²) in [5, 5.41) is 0.572. The minimum Gasteiger partial charge on any atom is -0.496 e. The molecule has 0 spiro atoms. The number of pyridine rings is 1. The molecule has 132 valence electrons. The van der Waals surface area contributed by atoms with Crippen LogP contribution >= 0.6 is 11.8 Å². The summed E-state index contributed by atoms with van der Waals surface area (Å²) in [7, 11) is 3.24. The van der Waals surface area contributed by atoms with Crippen LogP contribution in [0.25, 0.3) is 0 Å². The molecule has 25 heavy (non-hydrogen) atoms. The quantitative estimate of drug-likeness (QED) is 0.558. The van der Waals surface area contributed by atoms with E-state index in [1.165, 1.54) is 16.7 Å². The molecule has 6 nitrogen and oxygen atoms in total.